The average Bonchev–Trinajstić information content (AvgIpc) is 2.59. The summed E-state index contributed by atoms with van der Waals surface area (Å²) in [5, 5.41) is 3.79. The van der Waals surface area contributed by atoms with Crippen LogP contribution in [0, 0.1) is 0 Å². The molecule has 0 aliphatic carbocycles. The number of nitrogens with one attached hydrogen (secondary N) is 1. The van der Waals surface area contributed by atoms with E-state index in [1.807, 2.05) is 0 Å². The molecule has 0 aromatic heterocycles. The first-order chi connectivity index (χ1) is 13.2. The predicted molar refractivity (Wildman–Crippen MR) is 114 cm³/mol. The number of hydrogen-bond acceptors (Lipinski definition) is 4. The van der Waals surface area contributed by atoms with E-state index in [0.717, 1.165) is 17.3 Å². The second kappa shape index (κ2) is 12.8. The number of ether oxygens (including phenoxy) is 2. The Bertz CT molecular complexity index is 599. The molecule has 0 heterocycles. The second-order valence-electron chi connectivity index (χ2n) is 7.83. The molecule has 1 unspecified atom stereocenters. The molecule has 0 aliphatic heterocycles. The summed E-state index contributed by atoms with van der Waals surface area (Å²) in [4.78, 5) is 23.1. The van der Waals surface area contributed by atoms with E-state index in [4.69, 9.17) is 15.2 Å². The number of amides is 2. The minimum atomic E-state index is -0.588. The van der Waals surface area contributed by atoms with Gasteiger partial charge in [0.1, 0.15) is 5.60 Å². The zero-order valence-electron chi connectivity index (χ0n) is 17.1. The van der Waals surface area contributed by atoms with Crippen molar-refractivity contribution in [1.29, 1.82) is 0 Å². The molecule has 6 nitrogen and oxygen atoms in total. The normalized spacial score (nSPS) is 12.4. The molecule has 0 bridgehead atoms. The molecule has 0 saturated carbocycles. The largest absolute Gasteiger partial charge is 0.444 e. The minimum Gasteiger partial charge on any atom is -0.444 e. The number of unbranched alkanes of at least 4 members (excludes halogenated alkanes) is 1. The van der Waals surface area contributed by atoms with Crippen LogP contribution in [-0.4, -0.2) is 35.6 Å². The van der Waals surface area contributed by atoms with Gasteiger partial charge in [-0.15, -0.1) is 0 Å². The van der Waals surface area contributed by atoms with Crippen molar-refractivity contribution in [2.75, 3.05) is 11.9 Å². The number of carbonyl (C=O) groups excluding carboxylic acids is 2. The SMILES string of the molecule is CC(C)(C)OC(=O)NC(CCC(N)=O)COCc1ccc(CCCCBr)cc1. The number of alkyl halides is 1. The highest BCUT2D eigenvalue weighted by atomic mass is 79.9. The molecule has 1 rings (SSSR count). The van der Waals surface area contributed by atoms with Gasteiger partial charge in [-0.1, -0.05) is 40.2 Å². The van der Waals surface area contributed by atoms with Crippen LogP contribution in [0.2, 0.25) is 0 Å². The lowest BCUT2D eigenvalue weighted by Gasteiger charge is -2.23. The molecular formula is C21H33BrN2O4. The maximum absolute atomic E-state index is 12.0. The Balaban J connectivity index is 2.48. The maximum atomic E-state index is 12.0. The van der Waals surface area contributed by atoms with Crippen molar-refractivity contribution in [1.82, 2.24) is 5.32 Å². The van der Waals surface area contributed by atoms with E-state index >= 15 is 0 Å². The molecule has 0 fully saturated rings. The molecule has 0 spiro atoms. The third-order valence-electron chi connectivity index (χ3n) is 3.92. The van der Waals surface area contributed by atoms with Crippen molar-refractivity contribution in [2.45, 2.75) is 71.1 Å². The molecular weight excluding hydrogens is 424 g/mol. The Morgan fingerprint density at radius 1 is 1.14 bits per heavy atom. The van der Waals surface area contributed by atoms with Crippen molar-refractivity contribution >= 4 is 27.9 Å². The van der Waals surface area contributed by atoms with Gasteiger partial charge in [-0.25, -0.2) is 4.79 Å². The van der Waals surface area contributed by atoms with Gasteiger partial charge in [0, 0.05) is 11.8 Å². The van der Waals surface area contributed by atoms with Gasteiger partial charge in [0.15, 0.2) is 0 Å². The topological polar surface area (TPSA) is 90.6 Å². The Hall–Kier alpha value is -1.60. The minimum absolute atomic E-state index is 0.174. The molecule has 0 aliphatic rings. The molecule has 2 amide bonds. The predicted octanol–water partition coefficient (Wildman–Crippen LogP) is 4.08. The van der Waals surface area contributed by atoms with Crippen molar-refractivity contribution in [3.63, 3.8) is 0 Å². The summed E-state index contributed by atoms with van der Waals surface area (Å²) in [5.74, 6) is -0.411. The van der Waals surface area contributed by atoms with Gasteiger partial charge >= 0.3 is 6.09 Å². The fraction of sp³-hybridized carbons (Fsp3) is 0.619. The van der Waals surface area contributed by atoms with Crippen molar-refractivity contribution in [2.24, 2.45) is 5.73 Å². The lowest BCUT2D eigenvalue weighted by molar-refractivity contribution is -0.118. The van der Waals surface area contributed by atoms with Gasteiger partial charge in [0.25, 0.3) is 0 Å². The van der Waals surface area contributed by atoms with E-state index < -0.39 is 17.6 Å². The summed E-state index contributed by atoms with van der Waals surface area (Å²) in [6, 6.07) is 8.02. The molecule has 1 atom stereocenters. The smallest absolute Gasteiger partial charge is 0.407 e. The summed E-state index contributed by atoms with van der Waals surface area (Å²) in [6.07, 6.45) is 3.45. The number of halogens is 1. The van der Waals surface area contributed by atoms with E-state index in [2.05, 4.69) is 45.5 Å². The van der Waals surface area contributed by atoms with Crippen molar-refractivity contribution in [3.05, 3.63) is 35.4 Å². The van der Waals surface area contributed by atoms with Crippen LogP contribution in [0.5, 0.6) is 0 Å². The molecule has 7 heteroatoms. The number of primary amides is 1. The zero-order valence-corrected chi connectivity index (χ0v) is 18.7. The Morgan fingerprint density at radius 2 is 1.79 bits per heavy atom. The molecule has 3 N–H and O–H groups in total. The first-order valence-electron chi connectivity index (χ1n) is 9.69. The monoisotopic (exact) mass is 456 g/mol. The molecule has 1 aromatic carbocycles. The third kappa shape index (κ3) is 12.0. The maximum Gasteiger partial charge on any atom is 0.407 e. The van der Waals surface area contributed by atoms with Crippen molar-refractivity contribution < 1.29 is 19.1 Å². The first-order valence-corrected chi connectivity index (χ1v) is 10.8. The number of carbonyl (C=O) groups is 2. The standard InChI is InChI=1S/C21H33BrN2O4/c1-21(2,3)28-20(26)24-18(11-12-19(23)25)15-27-14-17-9-7-16(8-10-17)6-4-5-13-22/h7-10,18H,4-6,11-15H2,1-3H3,(H2,23,25)(H,24,26). The van der Waals surface area contributed by atoms with Crippen LogP contribution in [0.25, 0.3) is 0 Å². The van der Waals surface area contributed by atoms with E-state index in [1.165, 1.54) is 18.4 Å². The van der Waals surface area contributed by atoms with E-state index in [-0.39, 0.29) is 19.1 Å². The fourth-order valence-electron chi connectivity index (χ4n) is 2.53. The summed E-state index contributed by atoms with van der Waals surface area (Å²) in [6.45, 7) is 6.10. The van der Waals surface area contributed by atoms with Crippen LogP contribution < -0.4 is 11.1 Å². The number of hydrogen-bond donors (Lipinski definition) is 2. The molecule has 28 heavy (non-hydrogen) atoms. The highest BCUT2D eigenvalue weighted by molar-refractivity contribution is 9.09. The highest BCUT2D eigenvalue weighted by Gasteiger charge is 2.20. The van der Waals surface area contributed by atoms with E-state index in [9.17, 15) is 9.59 Å². The summed E-state index contributed by atoms with van der Waals surface area (Å²) < 4.78 is 11.0. The second-order valence-corrected chi connectivity index (χ2v) is 8.62. The average molecular weight is 457 g/mol. The van der Waals surface area contributed by atoms with Crippen LogP contribution in [0.15, 0.2) is 24.3 Å². The number of aryl methyl sites for hydroxylation is 1. The zero-order chi connectivity index (χ0) is 21.0. The quantitative estimate of drug-likeness (QED) is 0.366. The number of benzene rings is 1. The summed E-state index contributed by atoms with van der Waals surface area (Å²) in [7, 11) is 0. The van der Waals surface area contributed by atoms with Crippen LogP contribution in [0.1, 0.15) is 57.6 Å². The number of rotatable bonds is 12. The van der Waals surface area contributed by atoms with Crippen LogP contribution in [0.3, 0.4) is 0 Å². The number of alkyl carbamates (subject to hydrolysis) is 1. The van der Waals surface area contributed by atoms with Crippen LogP contribution in [-0.2, 0) is 27.3 Å². The van der Waals surface area contributed by atoms with Gasteiger partial charge in [0.2, 0.25) is 5.91 Å². The Morgan fingerprint density at radius 3 is 2.36 bits per heavy atom. The molecule has 1 aromatic rings. The Labute approximate surface area is 176 Å². The molecule has 158 valence electrons. The summed E-state index contributed by atoms with van der Waals surface area (Å²) >= 11 is 3.45. The van der Waals surface area contributed by atoms with Crippen molar-refractivity contribution in [3.8, 4) is 0 Å². The van der Waals surface area contributed by atoms with E-state index in [0.29, 0.717) is 13.0 Å². The van der Waals surface area contributed by atoms with Crippen LogP contribution in [0.4, 0.5) is 4.79 Å². The van der Waals surface area contributed by atoms with E-state index in [1.54, 1.807) is 20.8 Å². The van der Waals surface area contributed by atoms with Crippen LogP contribution >= 0.6 is 15.9 Å². The van der Waals surface area contributed by atoms with Gasteiger partial charge < -0.3 is 20.5 Å². The van der Waals surface area contributed by atoms with Gasteiger partial charge in [-0.2, -0.15) is 0 Å². The number of nitrogens with two attached hydrogens (primary N) is 1. The molecule has 0 radical (unpaired) electrons. The fourth-order valence-corrected chi connectivity index (χ4v) is 2.93. The molecule has 0 saturated heterocycles. The summed E-state index contributed by atoms with van der Waals surface area (Å²) in [5.41, 5.74) is 7.02. The lowest BCUT2D eigenvalue weighted by atomic mass is 10.1. The van der Waals surface area contributed by atoms with Gasteiger partial charge in [0.05, 0.1) is 19.3 Å². The Kier molecular flexibility index (Phi) is 11.2. The van der Waals surface area contributed by atoms with Gasteiger partial charge in [-0.3, -0.25) is 4.79 Å². The highest BCUT2D eigenvalue weighted by Crippen LogP contribution is 2.11. The van der Waals surface area contributed by atoms with Gasteiger partial charge in [-0.05, 0) is 57.6 Å². The first kappa shape index (κ1) is 24.4. The third-order valence-corrected chi connectivity index (χ3v) is 4.48. The lowest BCUT2D eigenvalue weighted by Crippen LogP contribution is -2.42.